The van der Waals surface area contributed by atoms with Crippen molar-refractivity contribution in [3.05, 3.63) is 83.0 Å². The Kier molecular flexibility index (Phi) is 5.99. The molecule has 138 valence electrons. The Bertz CT molecular complexity index is 950. The average Bonchev–Trinajstić information content (AvgIpc) is 2.67. The van der Waals surface area contributed by atoms with Gasteiger partial charge < -0.3 is 10.1 Å². The summed E-state index contributed by atoms with van der Waals surface area (Å²) in [5.74, 6) is 1.12. The number of para-hydroxylation sites is 1. The van der Waals surface area contributed by atoms with E-state index in [-0.39, 0.29) is 18.0 Å². The summed E-state index contributed by atoms with van der Waals surface area (Å²) in [5, 5.41) is 2.77. The summed E-state index contributed by atoms with van der Waals surface area (Å²) < 4.78 is 7.01. The Morgan fingerprint density at radius 2 is 1.78 bits per heavy atom. The Hall–Kier alpha value is -3.41. The van der Waals surface area contributed by atoms with Gasteiger partial charge in [0.2, 0.25) is 5.91 Å². The van der Waals surface area contributed by atoms with E-state index < -0.39 is 0 Å². The van der Waals surface area contributed by atoms with E-state index in [0.29, 0.717) is 11.4 Å². The van der Waals surface area contributed by atoms with Gasteiger partial charge in [-0.1, -0.05) is 31.5 Å². The highest BCUT2D eigenvalue weighted by atomic mass is 16.5. The Balaban J connectivity index is 1.58. The van der Waals surface area contributed by atoms with Gasteiger partial charge in [-0.25, -0.2) is 4.98 Å². The molecule has 0 radical (unpaired) electrons. The number of hydrogen-bond acceptors (Lipinski definition) is 4. The zero-order valence-electron chi connectivity index (χ0n) is 15.1. The van der Waals surface area contributed by atoms with Crippen LogP contribution in [0.2, 0.25) is 0 Å². The van der Waals surface area contributed by atoms with Gasteiger partial charge in [0.15, 0.2) is 0 Å². The second-order valence-electron chi connectivity index (χ2n) is 6.08. The van der Waals surface area contributed by atoms with Crippen LogP contribution in [0.15, 0.2) is 71.8 Å². The molecule has 0 atom stereocenters. The number of ether oxygens (including phenoxy) is 1. The van der Waals surface area contributed by atoms with Crippen molar-refractivity contribution in [3.63, 3.8) is 0 Å². The van der Waals surface area contributed by atoms with Crippen molar-refractivity contribution >= 4 is 11.6 Å². The zero-order valence-corrected chi connectivity index (χ0v) is 15.1. The molecule has 0 saturated heterocycles. The predicted octanol–water partition coefficient (Wildman–Crippen LogP) is 3.63. The van der Waals surface area contributed by atoms with Gasteiger partial charge in [0.25, 0.3) is 5.56 Å². The van der Waals surface area contributed by atoms with Gasteiger partial charge in [0.05, 0.1) is 6.33 Å². The third-order valence-electron chi connectivity index (χ3n) is 3.87. The van der Waals surface area contributed by atoms with E-state index in [4.69, 9.17) is 4.74 Å². The molecule has 0 fully saturated rings. The molecule has 3 aromatic rings. The van der Waals surface area contributed by atoms with E-state index in [0.717, 1.165) is 24.3 Å². The van der Waals surface area contributed by atoms with Crippen molar-refractivity contribution in [2.75, 3.05) is 5.32 Å². The number of nitrogens with zero attached hydrogens (tertiary/aromatic N) is 2. The van der Waals surface area contributed by atoms with Crippen LogP contribution in [-0.4, -0.2) is 15.5 Å². The monoisotopic (exact) mass is 363 g/mol. The summed E-state index contributed by atoms with van der Waals surface area (Å²) in [5.41, 5.74) is 1.15. The Morgan fingerprint density at radius 1 is 1.07 bits per heavy atom. The molecule has 0 aliphatic heterocycles. The van der Waals surface area contributed by atoms with E-state index in [1.807, 2.05) is 37.3 Å². The van der Waals surface area contributed by atoms with Gasteiger partial charge in [-0.3, -0.25) is 14.2 Å². The molecular weight excluding hydrogens is 342 g/mol. The van der Waals surface area contributed by atoms with Gasteiger partial charge in [-0.05, 0) is 42.8 Å². The molecule has 6 nitrogen and oxygen atoms in total. The lowest BCUT2D eigenvalue weighted by atomic mass is 10.2. The SMILES string of the molecule is CCCc1cc(=O)n(CC(=O)Nc2ccc(Oc3ccccc3)cc2)cn1. The fraction of sp³-hybridized carbons (Fsp3) is 0.190. The fourth-order valence-electron chi connectivity index (χ4n) is 2.56. The summed E-state index contributed by atoms with van der Waals surface area (Å²) in [6.45, 7) is 1.94. The minimum absolute atomic E-state index is 0.0828. The lowest BCUT2D eigenvalue weighted by Crippen LogP contribution is -2.27. The number of aryl methyl sites for hydroxylation is 1. The van der Waals surface area contributed by atoms with Crippen LogP contribution in [0.4, 0.5) is 5.69 Å². The normalized spacial score (nSPS) is 10.4. The topological polar surface area (TPSA) is 73.2 Å². The number of nitrogens with one attached hydrogen (secondary N) is 1. The summed E-state index contributed by atoms with van der Waals surface area (Å²) in [6, 6.07) is 18.0. The molecule has 0 bridgehead atoms. The minimum Gasteiger partial charge on any atom is -0.457 e. The van der Waals surface area contributed by atoms with Crippen molar-refractivity contribution in [1.82, 2.24) is 9.55 Å². The first-order valence-corrected chi connectivity index (χ1v) is 8.82. The quantitative estimate of drug-likeness (QED) is 0.696. The highest BCUT2D eigenvalue weighted by Gasteiger charge is 2.07. The van der Waals surface area contributed by atoms with Gasteiger partial charge in [0, 0.05) is 17.4 Å². The van der Waals surface area contributed by atoms with E-state index in [1.165, 1.54) is 17.0 Å². The molecule has 1 aromatic heterocycles. The standard InChI is InChI=1S/C21H21N3O3/c1-2-6-17-13-21(26)24(15-22-17)14-20(25)23-16-9-11-19(12-10-16)27-18-7-4-3-5-8-18/h3-5,7-13,15H,2,6,14H2,1H3,(H,23,25). The molecule has 0 aliphatic carbocycles. The Morgan fingerprint density at radius 3 is 2.44 bits per heavy atom. The largest absolute Gasteiger partial charge is 0.457 e. The first kappa shape index (κ1) is 18.4. The van der Waals surface area contributed by atoms with Crippen LogP contribution in [-0.2, 0) is 17.8 Å². The summed E-state index contributed by atoms with van der Waals surface area (Å²) in [4.78, 5) is 28.4. The molecule has 6 heteroatoms. The van der Waals surface area contributed by atoms with Gasteiger partial charge in [-0.2, -0.15) is 0 Å². The zero-order chi connectivity index (χ0) is 19.1. The van der Waals surface area contributed by atoms with Gasteiger partial charge in [-0.15, -0.1) is 0 Å². The molecule has 0 spiro atoms. The maximum Gasteiger partial charge on any atom is 0.253 e. The van der Waals surface area contributed by atoms with Crippen LogP contribution in [0.1, 0.15) is 19.0 Å². The van der Waals surface area contributed by atoms with E-state index >= 15 is 0 Å². The van der Waals surface area contributed by atoms with Crippen LogP contribution in [0.5, 0.6) is 11.5 Å². The van der Waals surface area contributed by atoms with Crippen molar-refractivity contribution in [2.45, 2.75) is 26.3 Å². The molecule has 0 unspecified atom stereocenters. The smallest absolute Gasteiger partial charge is 0.253 e. The molecular formula is C21H21N3O3. The lowest BCUT2D eigenvalue weighted by Gasteiger charge is -2.09. The number of carbonyl (C=O) groups is 1. The third kappa shape index (κ3) is 5.28. The van der Waals surface area contributed by atoms with Crippen LogP contribution < -0.4 is 15.6 Å². The predicted molar refractivity (Wildman–Crippen MR) is 104 cm³/mol. The number of hydrogen-bond donors (Lipinski definition) is 1. The highest BCUT2D eigenvalue weighted by Crippen LogP contribution is 2.22. The van der Waals surface area contributed by atoms with E-state index in [9.17, 15) is 9.59 Å². The minimum atomic E-state index is -0.293. The lowest BCUT2D eigenvalue weighted by molar-refractivity contribution is -0.116. The second-order valence-corrected chi connectivity index (χ2v) is 6.08. The molecule has 1 heterocycles. The fourth-order valence-corrected chi connectivity index (χ4v) is 2.56. The van der Waals surface area contributed by atoms with Crippen molar-refractivity contribution < 1.29 is 9.53 Å². The van der Waals surface area contributed by atoms with Crippen molar-refractivity contribution in [1.29, 1.82) is 0 Å². The number of carbonyl (C=O) groups excluding carboxylic acids is 1. The summed E-state index contributed by atoms with van der Waals surface area (Å²) in [6.07, 6.45) is 3.09. The van der Waals surface area contributed by atoms with Crippen LogP contribution in [0, 0.1) is 0 Å². The first-order chi connectivity index (χ1) is 13.1. The number of rotatable bonds is 7. The van der Waals surface area contributed by atoms with E-state index in [2.05, 4.69) is 10.3 Å². The van der Waals surface area contributed by atoms with Crippen molar-refractivity contribution in [2.24, 2.45) is 0 Å². The van der Waals surface area contributed by atoms with Crippen LogP contribution >= 0.6 is 0 Å². The summed E-state index contributed by atoms with van der Waals surface area (Å²) in [7, 11) is 0. The molecule has 0 saturated carbocycles. The Labute approximate surface area is 157 Å². The third-order valence-corrected chi connectivity index (χ3v) is 3.87. The van der Waals surface area contributed by atoms with E-state index in [1.54, 1.807) is 24.3 Å². The second kappa shape index (κ2) is 8.80. The van der Waals surface area contributed by atoms with Gasteiger partial charge in [0.1, 0.15) is 18.0 Å². The van der Waals surface area contributed by atoms with Gasteiger partial charge >= 0.3 is 0 Å². The number of aromatic nitrogens is 2. The van der Waals surface area contributed by atoms with Crippen LogP contribution in [0.25, 0.3) is 0 Å². The summed E-state index contributed by atoms with van der Waals surface area (Å²) >= 11 is 0. The first-order valence-electron chi connectivity index (χ1n) is 8.82. The molecule has 0 aliphatic rings. The molecule has 3 rings (SSSR count). The number of amides is 1. The molecule has 1 N–H and O–H groups in total. The van der Waals surface area contributed by atoms with Crippen molar-refractivity contribution in [3.8, 4) is 11.5 Å². The van der Waals surface area contributed by atoms with Crippen LogP contribution in [0.3, 0.4) is 0 Å². The number of anilines is 1. The molecule has 27 heavy (non-hydrogen) atoms. The maximum atomic E-state index is 12.2. The highest BCUT2D eigenvalue weighted by molar-refractivity contribution is 5.90. The maximum absolute atomic E-state index is 12.2. The average molecular weight is 363 g/mol. The molecule has 2 aromatic carbocycles. The molecule has 1 amide bonds. The number of benzene rings is 2.